The van der Waals surface area contributed by atoms with Gasteiger partial charge < -0.3 is 9.67 Å². The average molecular weight is 326 g/mol. The summed E-state index contributed by atoms with van der Waals surface area (Å²) in [5.41, 5.74) is 0.276. The predicted octanol–water partition coefficient (Wildman–Crippen LogP) is 4.55. The third-order valence-electron chi connectivity index (χ3n) is 4.69. The zero-order chi connectivity index (χ0) is 15.6. The van der Waals surface area contributed by atoms with Gasteiger partial charge in [0.2, 0.25) is 5.88 Å². The maximum atomic E-state index is 12.9. The molecule has 2 bridgehead atoms. The molecule has 7 heteroatoms. The Balaban J connectivity index is 1.91. The number of imidazole rings is 1. The molecular formula is C15H13F3N2OS. The Hall–Kier alpha value is -1.76. The molecule has 2 unspecified atom stereocenters. The fraction of sp³-hybridized carbons (Fsp3) is 0.400. The fourth-order valence-corrected chi connectivity index (χ4v) is 4.19. The van der Waals surface area contributed by atoms with Crippen LogP contribution in [0.5, 0.6) is 5.88 Å². The number of hydrogen-bond donors (Lipinski definition) is 1. The van der Waals surface area contributed by atoms with Crippen molar-refractivity contribution < 1.29 is 18.3 Å². The quantitative estimate of drug-likeness (QED) is 0.779. The van der Waals surface area contributed by atoms with Gasteiger partial charge in [0, 0.05) is 12.0 Å². The molecule has 22 heavy (non-hydrogen) atoms. The van der Waals surface area contributed by atoms with Gasteiger partial charge in [-0.3, -0.25) is 4.57 Å². The van der Waals surface area contributed by atoms with Gasteiger partial charge in [0.15, 0.2) is 4.77 Å². The third kappa shape index (κ3) is 1.78. The second-order valence-corrected chi connectivity index (χ2v) is 6.27. The zero-order valence-corrected chi connectivity index (χ0v) is 12.3. The van der Waals surface area contributed by atoms with Crippen molar-refractivity contribution in [1.82, 2.24) is 9.13 Å². The first-order valence-electron chi connectivity index (χ1n) is 7.11. The Bertz CT molecular complexity index is 821. The van der Waals surface area contributed by atoms with Crippen LogP contribution in [0.4, 0.5) is 13.2 Å². The number of aromatic hydroxyl groups is 1. The molecule has 0 spiro atoms. The maximum absolute atomic E-state index is 12.9. The zero-order valence-electron chi connectivity index (χ0n) is 11.5. The van der Waals surface area contributed by atoms with Gasteiger partial charge in [0.25, 0.3) is 0 Å². The van der Waals surface area contributed by atoms with E-state index in [1.165, 1.54) is 16.7 Å². The van der Waals surface area contributed by atoms with E-state index in [1.54, 1.807) is 0 Å². The topological polar surface area (TPSA) is 30.1 Å². The second-order valence-electron chi connectivity index (χ2n) is 5.91. The first kappa shape index (κ1) is 13.9. The van der Waals surface area contributed by atoms with E-state index < -0.39 is 11.7 Å². The lowest BCUT2D eigenvalue weighted by Crippen LogP contribution is -2.07. The van der Waals surface area contributed by atoms with Crippen molar-refractivity contribution in [2.75, 3.05) is 0 Å². The van der Waals surface area contributed by atoms with Crippen molar-refractivity contribution in [3.8, 4) is 11.6 Å². The predicted molar refractivity (Wildman–Crippen MR) is 76.9 cm³/mol. The number of halogens is 3. The van der Waals surface area contributed by atoms with Gasteiger partial charge >= 0.3 is 6.18 Å². The summed E-state index contributed by atoms with van der Waals surface area (Å²) in [4.78, 5) is 0. The van der Waals surface area contributed by atoms with E-state index in [9.17, 15) is 18.3 Å². The maximum Gasteiger partial charge on any atom is 0.416 e. The molecule has 4 rings (SSSR count). The SMILES string of the molecule is Oc1c2n(c(=S)n1-c1cccc(C(F)(F)F)c1)C1CCC2C1. The highest BCUT2D eigenvalue weighted by molar-refractivity contribution is 7.71. The molecule has 116 valence electrons. The van der Waals surface area contributed by atoms with E-state index in [0.29, 0.717) is 4.77 Å². The van der Waals surface area contributed by atoms with Crippen molar-refractivity contribution in [2.45, 2.75) is 37.4 Å². The molecule has 0 radical (unpaired) electrons. The van der Waals surface area contributed by atoms with Crippen LogP contribution in [0.25, 0.3) is 5.69 Å². The summed E-state index contributed by atoms with van der Waals surface area (Å²) in [7, 11) is 0. The minimum absolute atomic E-state index is 0.0171. The molecule has 1 fully saturated rings. The van der Waals surface area contributed by atoms with Crippen LogP contribution in [0.1, 0.15) is 42.5 Å². The summed E-state index contributed by atoms with van der Waals surface area (Å²) in [6, 6.07) is 5.16. The number of aromatic nitrogens is 2. The van der Waals surface area contributed by atoms with Crippen LogP contribution in [-0.4, -0.2) is 14.2 Å². The molecule has 2 aromatic rings. The first-order chi connectivity index (χ1) is 10.4. The number of benzene rings is 1. The second kappa shape index (κ2) is 4.38. The van der Waals surface area contributed by atoms with E-state index in [0.717, 1.165) is 37.1 Å². The highest BCUT2D eigenvalue weighted by Crippen LogP contribution is 2.52. The molecule has 1 N–H and O–H groups in total. The summed E-state index contributed by atoms with van der Waals surface area (Å²) < 4.78 is 42.3. The lowest BCUT2D eigenvalue weighted by molar-refractivity contribution is -0.137. The molecule has 2 heterocycles. The molecule has 0 saturated heterocycles. The highest BCUT2D eigenvalue weighted by Gasteiger charge is 2.41. The lowest BCUT2D eigenvalue weighted by Gasteiger charge is -2.12. The van der Waals surface area contributed by atoms with Crippen LogP contribution in [-0.2, 0) is 6.18 Å². The van der Waals surface area contributed by atoms with E-state index >= 15 is 0 Å². The largest absolute Gasteiger partial charge is 0.493 e. The Labute approximate surface area is 129 Å². The standard InChI is InChI=1S/C15H13F3N2OS/c16-15(17,18)9-2-1-3-10(7-9)20-13(21)12-8-4-5-11(6-8)19(12)14(20)22/h1-3,7-8,11,21H,4-6H2. The van der Waals surface area contributed by atoms with Gasteiger partial charge in [-0.1, -0.05) is 6.07 Å². The van der Waals surface area contributed by atoms with Crippen molar-refractivity contribution >= 4 is 12.2 Å². The van der Waals surface area contributed by atoms with E-state index in [-0.39, 0.29) is 23.5 Å². The van der Waals surface area contributed by atoms with Gasteiger partial charge in [-0.2, -0.15) is 13.2 Å². The minimum Gasteiger partial charge on any atom is -0.493 e. The Morgan fingerprint density at radius 2 is 2.00 bits per heavy atom. The molecule has 1 saturated carbocycles. The Morgan fingerprint density at radius 1 is 1.23 bits per heavy atom. The molecule has 0 amide bonds. The first-order valence-corrected chi connectivity index (χ1v) is 7.52. The van der Waals surface area contributed by atoms with Crippen LogP contribution < -0.4 is 0 Å². The van der Waals surface area contributed by atoms with Crippen molar-refractivity contribution in [3.63, 3.8) is 0 Å². The van der Waals surface area contributed by atoms with Crippen LogP contribution >= 0.6 is 12.2 Å². The number of nitrogens with zero attached hydrogens (tertiary/aromatic N) is 2. The molecule has 2 aliphatic rings. The molecule has 1 aromatic carbocycles. The van der Waals surface area contributed by atoms with Crippen molar-refractivity contribution in [1.29, 1.82) is 0 Å². The molecule has 1 aromatic heterocycles. The van der Waals surface area contributed by atoms with Gasteiger partial charge in [-0.15, -0.1) is 0 Å². The monoisotopic (exact) mass is 326 g/mol. The van der Waals surface area contributed by atoms with E-state index in [4.69, 9.17) is 12.2 Å². The summed E-state index contributed by atoms with van der Waals surface area (Å²) in [6.45, 7) is 0. The van der Waals surface area contributed by atoms with Crippen LogP contribution in [0.3, 0.4) is 0 Å². The van der Waals surface area contributed by atoms with Crippen molar-refractivity contribution in [2.24, 2.45) is 0 Å². The molecular weight excluding hydrogens is 313 g/mol. The Morgan fingerprint density at radius 3 is 2.68 bits per heavy atom. The molecule has 1 aliphatic carbocycles. The summed E-state index contributed by atoms with van der Waals surface area (Å²) >= 11 is 5.41. The lowest BCUT2D eigenvalue weighted by atomic mass is 10.1. The van der Waals surface area contributed by atoms with Crippen LogP contribution in [0.2, 0.25) is 0 Å². The number of fused-ring (bicyclic) bond motifs is 5. The summed E-state index contributed by atoms with van der Waals surface area (Å²) in [6.07, 6.45) is -1.44. The normalized spacial score (nSPS) is 23.0. The molecule has 2 atom stereocenters. The smallest absolute Gasteiger partial charge is 0.416 e. The van der Waals surface area contributed by atoms with Crippen LogP contribution in [0.15, 0.2) is 24.3 Å². The fourth-order valence-electron chi connectivity index (χ4n) is 3.75. The Kier molecular flexibility index (Phi) is 2.76. The molecule has 3 nitrogen and oxygen atoms in total. The van der Waals surface area contributed by atoms with Crippen molar-refractivity contribution in [3.05, 3.63) is 40.3 Å². The average Bonchev–Trinajstić information content (AvgIpc) is 3.12. The third-order valence-corrected chi connectivity index (χ3v) is 5.07. The van der Waals surface area contributed by atoms with E-state index in [1.807, 2.05) is 4.57 Å². The minimum atomic E-state index is -4.42. The summed E-state index contributed by atoms with van der Waals surface area (Å²) in [5, 5.41) is 10.5. The van der Waals surface area contributed by atoms with Crippen LogP contribution in [0, 0.1) is 4.77 Å². The number of alkyl halides is 3. The number of hydrogen-bond acceptors (Lipinski definition) is 2. The van der Waals surface area contributed by atoms with Gasteiger partial charge in [0.05, 0.1) is 16.9 Å². The highest BCUT2D eigenvalue weighted by atomic mass is 32.1. The summed E-state index contributed by atoms with van der Waals surface area (Å²) in [5.74, 6) is 0.246. The van der Waals surface area contributed by atoms with Gasteiger partial charge in [-0.05, 0) is 49.7 Å². The molecule has 1 aliphatic heterocycles. The van der Waals surface area contributed by atoms with Gasteiger partial charge in [0.1, 0.15) is 0 Å². The van der Waals surface area contributed by atoms with E-state index in [2.05, 4.69) is 0 Å². The number of rotatable bonds is 1. The van der Waals surface area contributed by atoms with Gasteiger partial charge in [-0.25, -0.2) is 0 Å².